The zero-order valence-electron chi connectivity index (χ0n) is 14.6. The first kappa shape index (κ1) is 19.7. The van der Waals surface area contributed by atoms with Gasteiger partial charge in [0.05, 0.1) is 0 Å². The van der Waals surface area contributed by atoms with Crippen LogP contribution in [0.4, 0.5) is 4.39 Å². The fourth-order valence-corrected chi connectivity index (χ4v) is 4.04. The van der Waals surface area contributed by atoms with Gasteiger partial charge in [0.2, 0.25) is 0 Å². The van der Waals surface area contributed by atoms with E-state index in [4.69, 9.17) is 4.42 Å². The lowest BCUT2D eigenvalue weighted by atomic mass is 10.1. The molecule has 27 heavy (non-hydrogen) atoms. The second kappa shape index (κ2) is 8.78. The molecule has 0 spiro atoms. The van der Waals surface area contributed by atoms with Crippen molar-refractivity contribution < 1.29 is 13.6 Å². The summed E-state index contributed by atoms with van der Waals surface area (Å²) in [6.07, 6.45) is 0. The lowest BCUT2D eigenvalue weighted by Gasteiger charge is -2.26. The Morgan fingerprint density at radius 2 is 1.81 bits per heavy atom. The zero-order chi connectivity index (χ0) is 17.9. The second-order valence-corrected chi connectivity index (χ2v) is 7.24. The van der Waals surface area contributed by atoms with Crippen LogP contribution in [0.25, 0.3) is 11.0 Å². The Labute approximate surface area is 167 Å². The van der Waals surface area contributed by atoms with Gasteiger partial charge < -0.3 is 14.6 Å². The molecule has 0 unspecified atom stereocenters. The van der Waals surface area contributed by atoms with Crippen LogP contribution in [0.2, 0.25) is 0 Å². The Bertz CT molecular complexity index is 923. The van der Waals surface area contributed by atoms with Crippen LogP contribution in [0.5, 0.6) is 0 Å². The minimum Gasteiger partial charge on any atom is -0.451 e. The van der Waals surface area contributed by atoms with Crippen molar-refractivity contribution in [3.8, 4) is 0 Å². The third-order valence-electron chi connectivity index (χ3n) is 4.49. The zero-order valence-corrected chi connectivity index (χ0v) is 16.2. The van der Waals surface area contributed by atoms with Gasteiger partial charge in [0.25, 0.3) is 5.91 Å². The fraction of sp³-hybridized carbons (Fsp3) is 0.250. The summed E-state index contributed by atoms with van der Waals surface area (Å²) < 4.78 is 19.0. The number of furan rings is 1. The van der Waals surface area contributed by atoms with Crippen molar-refractivity contribution in [2.75, 3.05) is 26.2 Å². The van der Waals surface area contributed by atoms with E-state index in [-0.39, 0.29) is 24.1 Å². The molecular formula is C20H20ClFN2O2S. The number of halogens is 2. The van der Waals surface area contributed by atoms with Gasteiger partial charge in [-0.3, -0.25) is 4.79 Å². The molecule has 142 valence electrons. The van der Waals surface area contributed by atoms with Crippen LogP contribution in [0.1, 0.15) is 16.1 Å². The van der Waals surface area contributed by atoms with Gasteiger partial charge in [-0.15, -0.1) is 24.2 Å². The Balaban J connectivity index is 0.00000210. The Morgan fingerprint density at radius 1 is 1.11 bits per heavy atom. The van der Waals surface area contributed by atoms with Gasteiger partial charge in [0.15, 0.2) is 5.76 Å². The maximum atomic E-state index is 13.1. The third kappa shape index (κ3) is 4.29. The van der Waals surface area contributed by atoms with Gasteiger partial charge in [-0.25, -0.2) is 4.39 Å². The molecule has 4 nitrogen and oxygen atoms in total. The number of hydrogen-bond acceptors (Lipinski definition) is 4. The Morgan fingerprint density at radius 3 is 2.56 bits per heavy atom. The highest BCUT2D eigenvalue weighted by Gasteiger charge is 2.26. The third-order valence-corrected chi connectivity index (χ3v) is 5.53. The summed E-state index contributed by atoms with van der Waals surface area (Å²) in [4.78, 5) is 15.8. The SMILES string of the molecule is Cl.O=C(c1oc2ccccc2c1CSc1ccc(F)cc1)N1CCNCC1. The van der Waals surface area contributed by atoms with Crippen LogP contribution >= 0.6 is 24.2 Å². The minimum absolute atomic E-state index is 0. The molecular weight excluding hydrogens is 387 g/mol. The number of nitrogens with one attached hydrogen (secondary N) is 1. The summed E-state index contributed by atoms with van der Waals surface area (Å²) in [6, 6.07) is 14.1. The van der Waals surface area contributed by atoms with E-state index in [1.165, 1.54) is 12.1 Å². The molecule has 1 aliphatic rings. The average Bonchev–Trinajstić information content (AvgIpc) is 3.06. The van der Waals surface area contributed by atoms with Crippen LogP contribution in [-0.4, -0.2) is 37.0 Å². The molecule has 2 heterocycles. The molecule has 1 fully saturated rings. The van der Waals surface area contributed by atoms with Crippen molar-refractivity contribution in [2.45, 2.75) is 10.6 Å². The molecule has 1 aliphatic heterocycles. The van der Waals surface area contributed by atoms with Crippen molar-refractivity contribution in [1.82, 2.24) is 10.2 Å². The minimum atomic E-state index is -0.252. The molecule has 0 saturated carbocycles. The van der Waals surface area contributed by atoms with E-state index in [2.05, 4.69) is 5.32 Å². The molecule has 1 amide bonds. The molecule has 1 aromatic heterocycles. The van der Waals surface area contributed by atoms with Crippen LogP contribution in [0.15, 0.2) is 57.8 Å². The molecule has 1 saturated heterocycles. The Hall–Kier alpha value is -2.02. The normalized spacial score (nSPS) is 14.2. The predicted molar refractivity (Wildman–Crippen MR) is 108 cm³/mol. The van der Waals surface area contributed by atoms with Crippen molar-refractivity contribution in [3.05, 3.63) is 65.7 Å². The molecule has 0 radical (unpaired) electrons. The van der Waals surface area contributed by atoms with Gasteiger partial charge >= 0.3 is 0 Å². The quantitative estimate of drug-likeness (QED) is 0.655. The summed E-state index contributed by atoms with van der Waals surface area (Å²) in [5.74, 6) is 0.702. The highest BCUT2D eigenvalue weighted by molar-refractivity contribution is 7.98. The Kier molecular flexibility index (Phi) is 6.42. The second-order valence-electron chi connectivity index (χ2n) is 6.19. The maximum Gasteiger partial charge on any atom is 0.290 e. The lowest BCUT2D eigenvalue weighted by Crippen LogP contribution is -2.46. The summed E-state index contributed by atoms with van der Waals surface area (Å²) >= 11 is 1.57. The molecule has 0 aliphatic carbocycles. The first-order chi connectivity index (χ1) is 12.7. The number of nitrogens with zero attached hydrogens (tertiary/aromatic N) is 1. The van der Waals surface area contributed by atoms with E-state index in [1.807, 2.05) is 29.2 Å². The first-order valence-electron chi connectivity index (χ1n) is 8.61. The van der Waals surface area contributed by atoms with E-state index in [9.17, 15) is 9.18 Å². The number of carbonyl (C=O) groups is 1. The van der Waals surface area contributed by atoms with Crippen molar-refractivity contribution in [3.63, 3.8) is 0 Å². The summed E-state index contributed by atoms with van der Waals surface area (Å²) in [5.41, 5.74) is 1.62. The molecule has 2 aromatic carbocycles. The van der Waals surface area contributed by atoms with Gasteiger partial charge in [0, 0.05) is 47.8 Å². The number of piperazine rings is 1. The van der Waals surface area contributed by atoms with Gasteiger partial charge in [-0.05, 0) is 30.3 Å². The largest absolute Gasteiger partial charge is 0.451 e. The first-order valence-corrected chi connectivity index (χ1v) is 9.60. The van der Waals surface area contributed by atoms with Crippen molar-refractivity contribution in [2.24, 2.45) is 0 Å². The summed E-state index contributed by atoms with van der Waals surface area (Å²) in [7, 11) is 0. The molecule has 4 rings (SSSR count). The number of thioether (sulfide) groups is 1. The number of fused-ring (bicyclic) bond motifs is 1. The van der Waals surface area contributed by atoms with Crippen molar-refractivity contribution >= 4 is 41.0 Å². The van der Waals surface area contributed by atoms with Crippen LogP contribution in [-0.2, 0) is 5.75 Å². The number of para-hydroxylation sites is 1. The summed E-state index contributed by atoms with van der Waals surface area (Å²) in [5, 5.41) is 4.21. The molecule has 0 bridgehead atoms. The highest BCUT2D eigenvalue weighted by Crippen LogP contribution is 2.32. The van der Waals surface area contributed by atoms with Crippen LogP contribution in [0.3, 0.4) is 0 Å². The monoisotopic (exact) mass is 406 g/mol. The lowest BCUT2D eigenvalue weighted by molar-refractivity contribution is 0.0705. The van der Waals surface area contributed by atoms with Crippen molar-refractivity contribution in [1.29, 1.82) is 0 Å². The van der Waals surface area contributed by atoms with E-state index in [0.29, 0.717) is 24.6 Å². The smallest absolute Gasteiger partial charge is 0.290 e. The van der Waals surface area contributed by atoms with E-state index >= 15 is 0 Å². The van der Waals surface area contributed by atoms with Crippen LogP contribution < -0.4 is 5.32 Å². The number of hydrogen-bond donors (Lipinski definition) is 1. The average molecular weight is 407 g/mol. The van der Waals surface area contributed by atoms with Gasteiger partial charge in [-0.2, -0.15) is 0 Å². The number of benzene rings is 2. The fourth-order valence-electron chi connectivity index (χ4n) is 3.11. The van der Waals surface area contributed by atoms with Gasteiger partial charge in [0.1, 0.15) is 11.4 Å². The predicted octanol–water partition coefficient (Wildman–Crippen LogP) is 4.33. The van der Waals surface area contributed by atoms with E-state index < -0.39 is 0 Å². The van der Waals surface area contributed by atoms with Gasteiger partial charge in [-0.1, -0.05) is 18.2 Å². The number of rotatable bonds is 4. The number of amides is 1. The molecule has 3 aromatic rings. The highest BCUT2D eigenvalue weighted by atomic mass is 35.5. The van der Waals surface area contributed by atoms with E-state index in [1.54, 1.807) is 23.9 Å². The molecule has 1 N–H and O–H groups in total. The number of carbonyl (C=O) groups excluding carboxylic acids is 1. The van der Waals surface area contributed by atoms with E-state index in [0.717, 1.165) is 34.5 Å². The molecule has 0 atom stereocenters. The molecule has 7 heteroatoms. The standard InChI is InChI=1S/C20H19FN2O2S.ClH/c21-14-5-7-15(8-6-14)26-13-17-16-3-1-2-4-18(16)25-19(17)20(24)23-11-9-22-10-12-23;/h1-8,22H,9-13H2;1H. The topological polar surface area (TPSA) is 45.5 Å². The summed E-state index contributed by atoms with van der Waals surface area (Å²) in [6.45, 7) is 2.96. The maximum absolute atomic E-state index is 13.1. The van der Waals surface area contributed by atoms with Crippen LogP contribution in [0, 0.1) is 5.82 Å².